The molecule has 0 saturated heterocycles. The molecular formula is C15H13N3O2S. The monoisotopic (exact) mass is 299 g/mol. The molecule has 0 unspecified atom stereocenters. The van der Waals surface area contributed by atoms with Gasteiger partial charge in [-0.25, -0.2) is 4.98 Å². The number of H-pyrrole nitrogens is 1. The third-order valence-corrected chi connectivity index (χ3v) is 4.20. The number of thioether (sulfide) groups is 1. The van der Waals surface area contributed by atoms with Crippen LogP contribution in [0.15, 0.2) is 47.6 Å². The molecular weight excluding hydrogens is 286 g/mol. The van der Waals surface area contributed by atoms with Crippen LogP contribution in [0.2, 0.25) is 0 Å². The molecule has 0 spiro atoms. The molecule has 106 valence electrons. The van der Waals surface area contributed by atoms with E-state index in [4.69, 9.17) is 0 Å². The number of fused-ring (bicyclic) bond motifs is 1. The van der Waals surface area contributed by atoms with Gasteiger partial charge in [0, 0.05) is 17.9 Å². The number of hydrogen-bond acceptors (Lipinski definition) is 4. The molecule has 5 nitrogen and oxygen atoms in total. The maximum absolute atomic E-state index is 10.8. The lowest BCUT2D eigenvalue weighted by molar-refractivity contribution is -0.384. The second-order valence-electron chi connectivity index (χ2n) is 4.72. The van der Waals surface area contributed by atoms with Crippen molar-refractivity contribution in [2.24, 2.45) is 0 Å². The number of non-ortho nitro benzene ring substituents is 1. The van der Waals surface area contributed by atoms with Gasteiger partial charge < -0.3 is 4.98 Å². The molecule has 3 aromatic rings. The molecule has 1 N–H and O–H groups in total. The Kier molecular flexibility index (Phi) is 3.62. The summed E-state index contributed by atoms with van der Waals surface area (Å²) in [6.45, 7) is 2.08. The average Bonchev–Trinajstić information content (AvgIpc) is 2.88. The lowest BCUT2D eigenvalue weighted by atomic mass is 10.1. The normalized spacial score (nSPS) is 10.9. The van der Waals surface area contributed by atoms with E-state index in [1.807, 2.05) is 12.1 Å². The van der Waals surface area contributed by atoms with Gasteiger partial charge in [0.1, 0.15) is 0 Å². The summed E-state index contributed by atoms with van der Waals surface area (Å²) in [7, 11) is 0. The standard InChI is InChI=1S/C15H13N3O2S/c1-10-4-2-3-5-11(10)9-21-15-16-13-7-6-12(18(19)20)8-14(13)17-15/h2-8H,9H2,1H3,(H,16,17). The molecule has 21 heavy (non-hydrogen) atoms. The topological polar surface area (TPSA) is 71.8 Å². The fourth-order valence-corrected chi connectivity index (χ4v) is 3.04. The summed E-state index contributed by atoms with van der Waals surface area (Å²) in [5.74, 6) is 0.814. The van der Waals surface area contributed by atoms with Gasteiger partial charge >= 0.3 is 0 Å². The van der Waals surface area contributed by atoms with Crippen molar-refractivity contribution in [2.75, 3.05) is 0 Å². The molecule has 2 aromatic carbocycles. The van der Waals surface area contributed by atoms with Gasteiger partial charge in [-0.05, 0) is 24.1 Å². The first kappa shape index (κ1) is 13.6. The van der Waals surface area contributed by atoms with Crippen LogP contribution in [0.3, 0.4) is 0 Å². The minimum Gasteiger partial charge on any atom is -0.333 e. The van der Waals surface area contributed by atoms with Crippen molar-refractivity contribution < 1.29 is 4.92 Å². The second-order valence-corrected chi connectivity index (χ2v) is 5.68. The average molecular weight is 299 g/mol. The zero-order valence-corrected chi connectivity index (χ0v) is 12.2. The molecule has 0 aliphatic carbocycles. The van der Waals surface area contributed by atoms with Gasteiger partial charge in [-0.1, -0.05) is 36.0 Å². The summed E-state index contributed by atoms with van der Waals surface area (Å²) >= 11 is 1.59. The summed E-state index contributed by atoms with van der Waals surface area (Å²) in [4.78, 5) is 17.9. The molecule has 0 atom stereocenters. The lowest BCUT2D eigenvalue weighted by Crippen LogP contribution is -1.86. The number of hydrogen-bond donors (Lipinski definition) is 1. The van der Waals surface area contributed by atoms with Gasteiger partial charge in [0.15, 0.2) is 5.16 Å². The van der Waals surface area contributed by atoms with Gasteiger partial charge in [0.2, 0.25) is 0 Å². The second kappa shape index (κ2) is 5.57. The van der Waals surface area contributed by atoms with Crippen LogP contribution in [0, 0.1) is 17.0 Å². The van der Waals surface area contributed by atoms with Crippen LogP contribution >= 0.6 is 11.8 Å². The van der Waals surface area contributed by atoms with Crippen LogP contribution < -0.4 is 0 Å². The van der Waals surface area contributed by atoms with Gasteiger partial charge in [-0.15, -0.1) is 0 Å². The van der Waals surface area contributed by atoms with Crippen molar-refractivity contribution in [3.8, 4) is 0 Å². The highest BCUT2D eigenvalue weighted by molar-refractivity contribution is 7.98. The number of rotatable bonds is 4. The number of imidazole rings is 1. The number of nitrogens with zero attached hydrogens (tertiary/aromatic N) is 2. The molecule has 0 amide bonds. The fraction of sp³-hybridized carbons (Fsp3) is 0.133. The Balaban J connectivity index is 1.82. The van der Waals surface area contributed by atoms with E-state index in [1.54, 1.807) is 17.8 Å². The Morgan fingerprint density at radius 2 is 2.10 bits per heavy atom. The summed E-state index contributed by atoms with van der Waals surface area (Å²) in [5, 5.41) is 11.5. The Bertz CT molecular complexity index is 814. The molecule has 6 heteroatoms. The van der Waals surface area contributed by atoms with Crippen molar-refractivity contribution in [1.82, 2.24) is 9.97 Å². The van der Waals surface area contributed by atoms with Crippen LogP contribution in [0.5, 0.6) is 0 Å². The van der Waals surface area contributed by atoms with E-state index in [0.717, 1.165) is 16.4 Å². The minimum absolute atomic E-state index is 0.0709. The van der Waals surface area contributed by atoms with Gasteiger partial charge in [0.25, 0.3) is 5.69 Å². The summed E-state index contributed by atoms with van der Waals surface area (Å²) in [6.07, 6.45) is 0. The van der Waals surface area contributed by atoms with Crippen molar-refractivity contribution in [2.45, 2.75) is 17.8 Å². The Labute approximate surface area is 125 Å². The lowest BCUT2D eigenvalue weighted by Gasteiger charge is -2.02. The summed E-state index contributed by atoms with van der Waals surface area (Å²) in [6, 6.07) is 12.9. The quantitative estimate of drug-likeness (QED) is 0.448. The first-order valence-corrected chi connectivity index (χ1v) is 7.43. The third kappa shape index (κ3) is 2.90. The van der Waals surface area contributed by atoms with E-state index in [1.165, 1.54) is 23.3 Å². The van der Waals surface area contributed by atoms with Crippen LogP contribution in [-0.4, -0.2) is 14.9 Å². The predicted molar refractivity (Wildman–Crippen MR) is 83.5 cm³/mol. The van der Waals surface area contributed by atoms with Gasteiger partial charge in [-0.3, -0.25) is 10.1 Å². The number of aryl methyl sites for hydroxylation is 1. The first-order valence-electron chi connectivity index (χ1n) is 6.45. The van der Waals surface area contributed by atoms with E-state index < -0.39 is 4.92 Å². The summed E-state index contributed by atoms with van der Waals surface area (Å²) in [5.41, 5.74) is 4.01. The maximum atomic E-state index is 10.8. The molecule has 0 bridgehead atoms. The van der Waals surface area contributed by atoms with Gasteiger partial charge in [-0.2, -0.15) is 0 Å². The molecule has 1 heterocycles. The molecule has 0 radical (unpaired) electrons. The SMILES string of the molecule is Cc1ccccc1CSc1nc2ccc([N+](=O)[O-])cc2[nH]1. The Morgan fingerprint density at radius 1 is 1.29 bits per heavy atom. The van der Waals surface area contributed by atoms with E-state index in [0.29, 0.717) is 5.52 Å². The molecule has 0 saturated carbocycles. The van der Waals surface area contributed by atoms with Gasteiger partial charge in [0.05, 0.1) is 16.0 Å². The van der Waals surface area contributed by atoms with Crippen LogP contribution in [0.4, 0.5) is 5.69 Å². The molecule has 1 aromatic heterocycles. The van der Waals surface area contributed by atoms with Crippen LogP contribution in [0.1, 0.15) is 11.1 Å². The highest BCUT2D eigenvalue weighted by Crippen LogP contribution is 2.26. The van der Waals surface area contributed by atoms with E-state index in [2.05, 4.69) is 29.0 Å². The van der Waals surface area contributed by atoms with E-state index in [-0.39, 0.29) is 5.69 Å². The number of aromatic amines is 1. The zero-order valence-electron chi connectivity index (χ0n) is 11.4. The molecule has 0 fully saturated rings. The molecule has 3 rings (SSSR count). The number of nitro groups is 1. The first-order chi connectivity index (χ1) is 10.1. The number of aromatic nitrogens is 2. The van der Waals surface area contributed by atoms with E-state index in [9.17, 15) is 10.1 Å². The van der Waals surface area contributed by atoms with Crippen molar-refractivity contribution in [1.29, 1.82) is 0 Å². The molecule has 0 aliphatic heterocycles. The molecule has 0 aliphatic rings. The maximum Gasteiger partial charge on any atom is 0.271 e. The highest BCUT2D eigenvalue weighted by atomic mass is 32.2. The summed E-state index contributed by atoms with van der Waals surface area (Å²) < 4.78 is 0. The van der Waals surface area contributed by atoms with E-state index >= 15 is 0 Å². The number of nitrogens with one attached hydrogen (secondary N) is 1. The zero-order chi connectivity index (χ0) is 14.8. The number of benzene rings is 2. The Hall–Kier alpha value is -2.34. The Morgan fingerprint density at radius 3 is 2.86 bits per heavy atom. The smallest absolute Gasteiger partial charge is 0.271 e. The predicted octanol–water partition coefficient (Wildman–Crippen LogP) is 4.07. The van der Waals surface area contributed by atoms with Crippen LogP contribution in [0.25, 0.3) is 11.0 Å². The third-order valence-electron chi connectivity index (χ3n) is 3.28. The van der Waals surface area contributed by atoms with Crippen molar-refractivity contribution >= 4 is 28.5 Å². The van der Waals surface area contributed by atoms with Crippen molar-refractivity contribution in [3.05, 3.63) is 63.7 Å². The van der Waals surface area contributed by atoms with Crippen LogP contribution in [-0.2, 0) is 5.75 Å². The fourth-order valence-electron chi connectivity index (χ4n) is 2.07. The minimum atomic E-state index is -0.402. The number of nitro benzene ring substituents is 1. The highest BCUT2D eigenvalue weighted by Gasteiger charge is 2.10. The largest absolute Gasteiger partial charge is 0.333 e. The van der Waals surface area contributed by atoms with Crippen molar-refractivity contribution in [3.63, 3.8) is 0 Å².